The highest BCUT2D eigenvalue weighted by Crippen LogP contribution is 2.38. The van der Waals surface area contributed by atoms with Gasteiger partial charge in [-0.15, -0.1) is 0 Å². The molecule has 6 atom stereocenters. The van der Waals surface area contributed by atoms with Gasteiger partial charge in [0.1, 0.15) is 6.61 Å². The molecule has 1 rings (SSSR count). The Balaban J connectivity index is 2.23. The summed E-state index contributed by atoms with van der Waals surface area (Å²) in [6.07, 6.45) is 28.5. The van der Waals surface area contributed by atoms with E-state index in [1.54, 1.807) is 6.08 Å². The summed E-state index contributed by atoms with van der Waals surface area (Å²) in [6.45, 7) is 3.43. The van der Waals surface area contributed by atoms with Crippen molar-refractivity contribution in [2.24, 2.45) is 11.8 Å². The number of phosphoric acid groups is 1. The first-order chi connectivity index (χ1) is 26.0. The quantitative estimate of drug-likeness (QED) is 0.0177. The number of rotatable bonds is 36. The molecule has 0 aromatic carbocycles. The highest BCUT2D eigenvalue weighted by atomic mass is 31.2. The minimum Gasteiger partial charge on any atom is -0.462 e. The third kappa shape index (κ3) is 28.1. The number of unbranched alkanes of at least 4 members (excludes halogenated alkanes) is 20. The van der Waals surface area contributed by atoms with Crippen molar-refractivity contribution in [1.29, 1.82) is 0 Å². The van der Waals surface area contributed by atoms with Crippen LogP contribution in [0.3, 0.4) is 0 Å². The number of carbonyl (C=O) groups is 2. The lowest BCUT2D eigenvalue weighted by Gasteiger charge is -2.21. The number of aliphatic hydroxyl groups excluding tert-OH is 3. The summed E-state index contributed by atoms with van der Waals surface area (Å²) in [5.74, 6) is -1.29. The number of aliphatic hydroxyl groups is 3. The third-order valence-corrected chi connectivity index (χ3v) is 11.1. The van der Waals surface area contributed by atoms with Gasteiger partial charge in [0.05, 0.1) is 24.9 Å². The van der Waals surface area contributed by atoms with Crippen LogP contribution < -0.4 is 0 Å². The van der Waals surface area contributed by atoms with E-state index >= 15 is 0 Å². The van der Waals surface area contributed by atoms with E-state index in [-0.39, 0.29) is 31.3 Å². The van der Waals surface area contributed by atoms with E-state index in [9.17, 15) is 29.5 Å². The first-order valence-electron chi connectivity index (χ1n) is 21.7. The predicted octanol–water partition coefficient (Wildman–Crippen LogP) is 9.40. The summed E-state index contributed by atoms with van der Waals surface area (Å²) < 4.78 is 26.4. The van der Waals surface area contributed by atoms with E-state index in [1.165, 1.54) is 77.0 Å². The Bertz CT molecular complexity index is 1000. The van der Waals surface area contributed by atoms with Gasteiger partial charge in [-0.2, -0.15) is 0 Å². The topological polar surface area (TPSA) is 180 Å². The number of hydrogen-bond donors (Lipinski definition) is 5. The first-order valence-corrected chi connectivity index (χ1v) is 23.3. The monoisotopic (exact) mass is 791 g/mol. The van der Waals surface area contributed by atoms with Gasteiger partial charge in [-0.3, -0.25) is 14.1 Å². The van der Waals surface area contributed by atoms with Gasteiger partial charge < -0.3 is 34.6 Å². The molecular weight excluding hydrogens is 711 g/mol. The molecule has 12 heteroatoms. The molecule has 0 heterocycles. The largest absolute Gasteiger partial charge is 0.469 e. The van der Waals surface area contributed by atoms with Crippen molar-refractivity contribution in [2.45, 2.75) is 218 Å². The molecule has 0 saturated heterocycles. The van der Waals surface area contributed by atoms with Gasteiger partial charge in [-0.25, -0.2) is 4.57 Å². The molecule has 11 nitrogen and oxygen atoms in total. The molecule has 1 aliphatic carbocycles. The Morgan fingerprint density at radius 2 is 1.15 bits per heavy atom. The molecule has 0 aliphatic heterocycles. The van der Waals surface area contributed by atoms with Crippen LogP contribution in [0.5, 0.6) is 0 Å². The fourth-order valence-corrected chi connectivity index (χ4v) is 7.71. The minimum absolute atomic E-state index is 0.0804. The molecule has 0 radical (unpaired) electrons. The van der Waals surface area contributed by atoms with Gasteiger partial charge in [-0.05, 0) is 31.6 Å². The van der Waals surface area contributed by atoms with Crippen molar-refractivity contribution < 1.29 is 53.3 Å². The zero-order chi connectivity index (χ0) is 39.9. The van der Waals surface area contributed by atoms with Crippen LogP contribution in [-0.2, 0) is 28.2 Å². The zero-order valence-electron chi connectivity index (χ0n) is 34.0. The van der Waals surface area contributed by atoms with Crippen molar-refractivity contribution in [3.8, 4) is 0 Å². The predicted molar refractivity (Wildman–Crippen MR) is 214 cm³/mol. The fourth-order valence-electron chi connectivity index (χ4n) is 7.35. The number of phosphoric ester groups is 1. The van der Waals surface area contributed by atoms with Crippen LogP contribution in [0, 0.1) is 11.8 Å². The molecule has 0 aromatic heterocycles. The van der Waals surface area contributed by atoms with Crippen molar-refractivity contribution in [2.75, 3.05) is 13.2 Å². The van der Waals surface area contributed by atoms with Crippen LogP contribution in [0.1, 0.15) is 194 Å². The fraction of sp³-hybridized carbons (Fsp3) is 0.905. The maximum atomic E-state index is 12.5. The molecule has 5 N–H and O–H groups in total. The molecule has 54 heavy (non-hydrogen) atoms. The van der Waals surface area contributed by atoms with Crippen LogP contribution in [0.15, 0.2) is 12.2 Å². The lowest BCUT2D eigenvalue weighted by Crippen LogP contribution is -2.29. The van der Waals surface area contributed by atoms with E-state index in [4.69, 9.17) is 19.3 Å². The van der Waals surface area contributed by atoms with Crippen molar-refractivity contribution >= 4 is 19.8 Å². The van der Waals surface area contributed by atoms with Gasteiger partial charge in [-0.1, -0.05) is 161 Å². The summed E-state index contributed by atoms with van der Waals surface area (Å²) in [5, 5.41) is 31.2. The van der Waals surface area contributed by atoms with Gasteiger partial charge in [0.25, 0.3) is 0 Å². The Morgan fingerprint density at radius 3 is 1.69 bits per heavy atom. The second-order valence-corrected chi connectivity index (χ2v) is 16.9. The SMILES string of the molecule is CCCCCCCCCCCCCCCCCCC(=O)O[C@H](COC(=O)CCCCCC[C@@H]1[C@@H](/C=C/[C@@H](O)CCCCC)[C@H](O)C[C@@H]1O)COP(=O)(O)O. The van der Waals surface area contributed by atoms with E-state index in [0.29, 0.717) is 25.7 Å². The number of esters is 2. The molecule has 0 aromatic rings. The van der Waals surface area contributed by atoms with Gasteiger partial charge in [0.2, 0.25) is 0 Å². The molecule has 0 amide bonds. The molecular formula is C42H79O11P. The maximum absolute atomic E-state index is 12.5. The summed E-state index contributed by atoms with van der Waals surface area (Å²) in [4.78, 5) is 43.1. The average Bonchev–Trinajstić information content (AvgIpc) is 3.40. The smallest absolute Gasteiger partial charge is 0.462 e. The molecule has 0 bridgehead atoms. The third-order valence-electron chi connectivity index (χ3n) is 10.6. The first kappa shape index (κ1) is 50.7. The highest BCUT2D eigenvalue weighted by molar-refractivity contribution is 7.46. The summed E-state index contributed by atoms with van der Waals surface area (Å²) in [6, 6.07) is 0. The van der Waals surface area contributed by atoms with E-state index in [2.05, 4.69) is 18.4 Å². The summed E-state index contributed by atoms with van der Waals surface area (Å²) in [7, 11) is -4.80. The van der Waals surface area contributed by atoms with Gasteiger partial charge in [0, 0.05) is 25.2 Å². The number of ether oxygens (including phenoxy) is 2. The lowest BCUT2D eigenvalue weighted by atomic mass is 9.88. The molecule has 1 aliphatic rings. The van der Waals surface area contributed by atoms with Crippen molar-refractivity contribution in [3.05, 3.63) is 12.2 Å². The second-order valence-electron chi connectivity index (χ2n) is 15.6. The Labute approximate surface area is 327 Å². The van der Waals surface area contributed by atoms with Crippen molar-refractivity contribution in [1.82, 2.24) is 0 Å². The summed E-state index contributed by atoms with van der Waals surface area (Å²) >= 11 is 0. The zero-order valence-corrected chi connectivity index (χ0v) is 34.9. The van der Waals surface area contributed by atoms with Crippen LogP contribution in [0.2, 0.25) is 0 Å². The highest BCUT2D eigenvalue weighted by Gasteiger charge is 2.39. The molecule has 0 unspecified atom stereocenters. The average molecular weight is 791 g/mol. The standard InChI is InChI=1S/C42H79O11P/c1-3-5-7-8-9-10-11-12-13-14-15-16-17-18-19-25-29-42(47)53-36(34-52-54(48,49)50)33-51-41(46)28-24-21-20-23-27-37-38(40(45)32-39(37)44)31-30-35(43)26-22-6-4-2/h30-31,35-40,43-45H,3-29,32-34H2,1-2H3,(H2,48,49,50)/b31-30+/t35-,36+,37+,38+,39-,40+/m0/s1. The molecule has 1 saturated carbocycles. The van der Waals surface area contributed by atoms with E-state index in [0.717, 1.165) is 64.2 Å². The number of carbonyl (C=O) groups excluding carboxylic acids is 2. The van der Waals surface area contributed by atoms with E-state index < -0.39 is 50.8 Å². The van der Waals surface area contributed by atoms with Crippen molar-refractivity contribution in [3.63, 3.8) is 0 Å². The van der Waals surface area contributed by atoms with Crippen LogP contribution in [0.25, 0.3) is 0 Å². The molecule has 0 spiro atoms. The molecule has 1 fully saturated rings. The Kier molecular flexibility index (Phi) is 30.7. The van der Waals surface area contributed by atoms with Gasteiger partial charge >= 0.3 is 19.8 Å². The summed E-state index contributed by atoms with van der Waals surface area (Å²) in [5.41, 5.74) is 0. The second kappa shape index (κ2) is 32.7. The Hall–Kier alpha value is -1.33. The van der Waals surface area contributed by atoms with E-state index in [1.807, 2.05) is 6.08 Å². The minimum atomic E-state index is -4.80. The van der Waals surface area contributed by atoms with Gasteiger partial charge in [0.15, 0.2) is 6.10 Å². The lowest BCUT2D eigenvalue weighted by molar-refractivity contribution is -0.161. The molecule has 318 valence electrons. The van der Waals surface area contributed by atoms with Crippen LogP contribution >= 0.6 is 7.82 Å². The normalized spacial score (nSPS) is 20.1. The van der Waals surface area contributed by atoms with Crippen LogP contribution in [0.4, 0.5) is 0 Å². The number of hydrogen-bond acceptors (Lipinski definition) is 9. The Morgan fingerprint density at radius 1 is 0.667 bits per heavy atom. The van der Waals surface area contributed by atoms with Crippen LogP contribution in [-0.4, -0.2) is 74.7 Å². The maximum Gasteiger partial charge on any atom is 0.469 e.